The monoisotopic (exact) mass is 290 g/mol. The highest BCUT2D eigenvalue weighted by Gasteiger charge is 2.06. The summed E-state index contributed by atoms with van der Waals surface area (Å²) >= 11 is 0. The topological polar surface area (TPSA) is 0 Å². The highest BCUT2D eigenvalue weighted by atomic mass is 14.1. The molecule has 22 heavy (non-hydrogen) atoms. The maximum atomic E-state index is 4.15. The Kier molecular flexibility index (Phi) is 6.59. The summed E-state index contributed by atoms with van der Waals surface area (Å²) in [6.07, 6.45) is 8.02. The predicted octanol–water partition coefficient (Wildman–Crippen LogP) is 6.59. The molecule has 114 valence electrons. The van der Waals surface area contributed by atoms with E-state index >= 15 is 0 Å². The lowest BCUT2D eigenvalue weighted by Gasteiger charge is -2.12. The van der Waals surface area contributed by atoms with Gasteiger partial charge >= 0.3 is 0 Å². The molecule has 0 fully saturated rings. The molecule has 0 saturated heterocycles. The van der Waals surface area contributed by atoms with Crippen molar-refractivity contribution in [1.29, 1.82) is 0 Å². The third-order valence-corrected chi connectivity index (χ3v) is 3.51. The van der Waals surface area contributed by atoms with Crippen LogP contribution in [0.4, 0.5) is 0 Å². The van der Waals surface area contributed by atoms with E-state index in [-0.39, 0.29) is 0 Å². The van der Waals surface area contributed by atoms with Crippen molar-refractivity contribution in [3.05, 3.63) is 102 Å². The summed E-state index contributed by atoms with van der Waals surface area (Å²) < 4.78 is 0. The molecule has 0 N–H and O–H groups in total. The van der Waals surface area contributed by atoms with Crippen molar-refractivity contribution in [2.45, 2.75) is 27.7 Å². The molecule has 0 atom stereocenters. The Morgan fingerprint density at radius 1 is 1.00 bits per heavy atom. The molecule has 0 spiro atoms. The zero-order chi connectivity index (χ0) is 16.7. The second-order valence-electron chi connectivity index (χ2n) is 5.72. The Morgan fingerprint density at radius 2 is 1.64 bits per heavy atom. The first-order valence-electron chi connectivity index (χ1n) is 7.47. The highest BCUT2D eigenvalue weighted by molar-refractivity contribution is 5.81. The van der Waals surface area contributed by atoms with E-state index < -0.39 is 0 Å². The van der Waals surface area contributed by atoms with Crippen molar-refractivity contribution in [2.24, 2.45) is 0 Å². The predicted molar refractivity (Wildman–Crippen MR) is 101 cm³/mol. The van der Waals surface area contributed by atoms with Gasteiger partial charge in [0, 0.05) is 0 Å². The Labute approximate surface area is 135 Å². The molecular formula is C22H26. The van der Waals surface area contributed by atoms with Gasteiger partial charge in [-0.25, -0.2) is 0 Å². The van der Waals surface area contributed by atoms with E-state index in [4.69, 9.17) is 0 Å². The summed E-state index contributed by atoms with van der Waals surface area (Å²) in [6, 6.07) is 8.40. The highest BCUT2D eigenvalue weighted by Crippen LogP contribution is 2.27. The van der Waals surface area contributed by atoms with Gasteiger partial charge in [0.25, 0.3) is 0 Å². The van der Waals surface area contributed by atoms with Gasteiger partial charge in [-0.1, -0.05) is 73.4 Å². The van der Waals surface area contributed by atoms with Crippen LogP contribution < -0.4 is 0 Å². The number of aryl methyl sites for hydroxylation is 1. The standard InChI is InChI=1S/C22H26/c1-8-18(6)13-14-20(16(2)3)15-22(17(4)5)21-12-10-9-11-19(21)7/h8-15H,1,4,6H2,2-3,5,7H3/b14-13-,22-15+. The van der Waals surface area contributed by atoms with Crippen LogP contribution in [0.5, 0.6) is 0 Å². The SMILES string of the molecule is C=CC(=C)/C=C\C(/C=C(\C(=C)C)c1ccccc1C)=C(C)C. The van der Waals surface area contributed by atoms with Gasteiger partial charge in [0.2, 0.25) is 0 Å². The van der Waals surface area contributed by atoms with E-state index in [1.807, 2.05) is 13.0 Å². The summed E-state index contributed by atoms with van der Waals surface area (Å²) in [7, 11) is 0. The van der Waals surface area contributed by atoms with Gasteiger partial charge in [-0.2, -0.15) is 0 Å². The minimum Gasteiger partial charge on any atom is -0.0985 e. The number of hydrogen-bond donors (Lipinski definition) is 0. The van der Waals surface area contributed by atoms with E-state index in [0.29, 0.717) is 0 Å². The maximum absolute atomic E-state index is 4.15. The molecular weight excluding hydrogens is 264 g/mol. The fourth-order valence-electron chi connectivity index (χ4n) is 2.09. The Bertz CT molecular complexity index is 672. The minimum atomic E-state index is 0.903. The summed E-state index contributed by atoms with van der Waals surface area (Å²) in [5.74, 6) is 0. The minimum absolute atomic E-state index is 0.903. The third kappa shape index (κ3) is 4.89. The van der Waals surface area contributed by atoms with Crippen LogP contribution >= 0.6 is 0 Å². The second kappa shape index (κ2) is 8.19. The number of rotatable bonds is 6. The quantitative estimate of drug-likeness (QED) is 0.518. The van der Waals surface area contributed by atoms with Gasteiger partial charge in [-0.15, -0.1) is 0 Å². The van der Waals surface area contributed by atoms with E-state index in [0.717, 1.165) is 11.1 Å². The molecule has 0 amide bonds. The van der Waals surface area contributed by atoms with Gasteiger partial charge in [0.05, 0.1) is 0 Å². The molecule has 0 aromatic heterocycles. The summed E-state index contributed by atoms with van der Waals surface area (Å²) in [6.45, 7) is 20.2. The van der Waals surface area contributed by atoms with Crippen LogP contribution in [-0.2, 0) is 0 Å². The van der Waals surface area contributed by atoms with Crippen molar-refractivity contribution >= 4 is 5.57 Å². The molecule has 0 heteroatoms. The van der Waals surface area contributed by atoms with Crippen LogP contribution in [0, 0.1) is 6.92 Å². The first-order valence-corrected chi connectivity index (χ1v) is 7.47. The molecule has 0 aliphatic carbocycles. The molecule has 0 radical (unpaired) electrons. The van der Waals surface area contributed by atoms with Gasteiger partial charge in [-0.3, -0.25) is 0 Å². The number of benzene rings is 1. The van der Waals surface area contributed by atoms with Crippen molar-refractivity contribution in [3.8, 4) is 0 Å². The lowest BCUT2D eigenvalue weighted by Crippen LogP contribution is -1.91. The van der Waals surface area contributed by atoms with E-state index in [9.17, 15) is 0 Å². The molecule has 1 aromatic rings. The Balaban J connectivity index is 3.38. The third-order valence-electron chi connectivity index (χ3n) is 3.51. The molecule has 0 bridgehead atoms. The van der Waals surface area contributed by atoms with Crippen molar-refractivity contribution in [2.75, 3.05) is 0 Å². The summed E-state index contributed by atoms with van der Waals surface area (Å²) in [5.41, 5.74) is 8.03. The average Bonchev–Trinajstić information content (AvgIpc) is 2.47. The largest absolute Gasteiger partial charge is 0.0985 e. The molecule has 0 aliphatic rings. The molecule has 0 heterocycles. The summed E-state index contributed by atoms with van der Waals surface area (Å²) in [5, 5.41) is 0. The van der Waals surface area contributed by atoms with Gasteiger partial charge in [-0.05, 0) is 61.6 Å². The normalized spacial score (nSPS) is 11.4. The van der Waals surface area contributed by atoms with Crippen LogP contribution in [-0.4, -0.2) is 0 Å². The van der Waals surface area contributed by atoms with E-state index in [1.54, 1.807) is 6.08 Å². The van der Waals surface area contributed by atoms with Crippen LogP contribution in [0.15, 0.2) is 90.6 Å². The van der Waals surface area contributed by atoms with Crippen molar-refractivity contribution in [1.82, 2.24) is 0 Å². The number of allylic oxidation sites excluding steroid dienone is 9. The fraction of sp³-hybridized carbons (Fsp3) is 0.182. The van der Waals surface area contributed by atoms with Crippen LogP contribution in [0.1, 0.15) is 31.9 Å². The van der Waals surface area contributed by atoms with Crippen LogP contribution in [0.3, 0.4) is 0 Å². The average molecular weight is 290 g/mol. The molecule has 0 aliphatic heterocycles. The lowest BCUT2D eigenvalue weighted by molar-refractivity contribution is 1.33. The first-order chi connectivity index (χ1) is 10.4. The van der Waals surface area contributed by atoms with Crippen molar-refractivity contribution in [3.63, 3.8) is 0 Å². The molecule has 0 nitrogen and oxygen atoms in total. The second-order valence-corrected chi connectivity index (χ2v) is 5.72. The van der Waals surface area contributed by atoms with Crippen LogP contribution in [0.25, 0.3) is 5.57 Å². The zero-order valence-electron chi connectivity index (χ0n) is 14.2. The molecule has 1 rings (SSSR count). The van der Waals surface area contributed by atoms with Crippen LogP contribution in [0.2, 0.25) is 0 Å². The number of hydrogen-bond acceptors (Lipinski definition) is 0. The Hall–Kier alpha value is -2.34. The molecule has 0 unspecified atom stereocenters. The summed E-state index contributed by atoms with van der Waals surface area (Å²) in [4.78, 5) is 0. The lowest BCUT2D eigenvalue weighted by atomic mass is 9.93. The maximum Gasteiger partial charge on any atom is -0.0152 e. The van der Waals surface area contributed by atoms with E-state index in [1.165, 1.54) is 27.8 Å². The molecule has 0 saturated carbocycles. The first kappa shape index (κ1) is 17.7. The smallest absolute Gasteiger partial charge is 0.0152 e. The van der Waals surface area contributed by atoms with Gasteiger partial charge in [0.15, 0.2) is 0 Å². The van der Waals surface area contributed by atoms with Gasteiger partial charge < -0.3 is 0 Å². The Morgan fingerprint density at radius 3 is 2.14 bits per heavy atom. The van der Waals surface area contributed by atoms with Crippen molar-refractivity contribution < 1.29 is 0 Å². The fourth-order valence-corrected chi connectivity index (χ4v) is 2.09. The van der Waals surface area contributed by atoms with E-state index in [2.05, 4.69) is 76.9 Å². The molecule has 1 aromatic carbocycles. The van der Waals surface area contributed by atoms with Gasteiger partial charge in [0.1, 0.15) is 0 Å². The zero-order valence-corrected chi connectivity index (χ0v) is 14.2.